The lowest BCUT2D eigenvalue weighted by molar-refractivity contribution is -0.131. The van der Waals surface area contributed by atoms with E-state index in [9.17, 15) is 9.59 Å². The van der Waals surface area contributed by atoms with Crippen LogP contribution in [0.15, 0.2) is 25.4 Å². The minimum Gasteiger partial charge on any atom is -0.347 e. The molecule has 1 aliphatic heterocycles. The van der Waals surface area contributed by atoms with Crippen LogP contribution in [0.4, 0.5) is 0 Å². The Bertz CT molecular complexity index is 331. The third kappa shape index (κ3) is 6.90. The lowest BCUT2D eigenvalue weighted by Crippen LogP contribution is -2.23. The van der Waals surface area contributed by atoms with Crippen LogP contribution in [-0.2, 0) is 14.3 Å². The Labute approximate surface area is 101 Å². The van der Waals surface area contributed by atoms with Crippen molar-refractivity contribution in [1.29, 1.82) is 5.26 Å². The molecule has 1 saturated heterocycles. The van der Waals surface area contributed by atoms with Crippen molar-refractivity contribution in [3.63, 3.8) is 0 Å². The predicted molar refractivity (Wildman–Crippen MR) is 62.3 cm³/mol. The summed E-state index contributed by atoms with van der Waals surface area (Å²) in [5.41, 5.74) is 0. The quantitative estimate of drug-likeness (QED) is 0.416. The van der Waals surface area contributed by atoms with Crippen molar-refractivity contribution in [3.8, 4) is 6.26 Å². The second kappa shape index (κ2) is 9.16. The number of hydrogen-bond donors (Lipinski definition) is 0. The van der Waals surface area contributed by atoms with Crippen LogP contribution < -0.4 is 0 Å². The molecule has 0 saturated carbocycles. The topological polar surface area (TPSA) is 70.4 Å². The lowest BCUT2D eigenvalue weighted by Gasteiger charge is -2.13. The van der Waals surface area contributed by atoms with E-state index in [0.29, 0.717) is 6.42 Å². The summed E-state index contributed by atoms with van der Waals surface area (Å²) in [6, 6.07) is 0. The van der Waals surface area contributed by atoms with Gasteiger partial charge in [0, 0.05) is 19.0 Å². The number of rotatable bonds is 2. The second-order valence-corrected chi connectivity index (χ2v) is 3.30. The zero-order valence-corrected chi connectivity index (χ0v) is 9.72. The van der Waals surface area contributed by atoms with Crippen molar-refractivity contribution in [2.75, 3.05) is 6.54 Å². The zero-order chi connectivity index (χ0) is 13.1. The highest BCUT2D eigenvalue weighted by Crippen LogP contribution is 2.10. The van der Waals surface area contributed by atoms with Crippen LogP contribution in [0.2, 0.25) is 0 Å². The van der Waals surface area contributed by atoms with E-state index in [2.05, 4.69) is 17.9 Å². The van der Waals surface area contributed by atoms with Gasteiger partial charge in [0.05, 0.1) is 0 Å². The smallest absolute Gasteiger partial charge is 0.345 e. The van der Waals surface area contributed by atoms with Crippen LogP contribution >= 0.6 is 0 Å². The number of nitriles is 1. The first-order valence-electron chi connectivity index (χ1n) is 5.30. The van der Waals surface area contributed by atoms with Crippen LogP contribution in [0, 0.1) is 11.5 Å². The van der Waals surface area contributed by atoms with E-state index in [1.54, 1.807) is 11.1 Å². The fraction of sp³-hybridized carbons (Fsp3) is 0.417. The molecule has 92 valence electrons. The van der Waals surface area contributed by atoms with Gasteiger partial charge in [-0.3, -0.25) is 4.79 Å². The molecule has 0 bridgehead atoms. The fourth-order valence-electron chi connectivity index (χ4n) is 1.28. The summed E-state index contributed by atoms with van der Waals surface area (Å²) in [5.74, 6) is -0.491. The number of likely N-dealkylation sites (tertiary alicyclic amines) is 1. The molecule has 1 aliphatic rings. The first-order chi connectivity index (χ1) is 8.15. The van der Waals surface area contributed by atoms with E-state index < -0.39 is 5.97 Å². The number of carbonyl (C=O) groups excluding carboxylic acids is 2. The van der Waals surface area contributed by atoms with E-state index >= 15 is 0 Å². The van der Waals surface area contributed by atoms with Gasteiger partial charge < -0.3 is 9.64 Å². The number of carbonyl (C=O) groups is 2. The number of ether oxygens (including phenoxy) is 1. The molecule has 0 aromatic rings. The van der Waals surface area contributed by atoms with E-state index in [1.807, 2.05) is 0 Å². The number of esters is 1. The van der Waals surface area contributed by atoms with Crippen molar-refractivity contribution in [2.24, 2.45) is 0 Å². The van der Waals surface area contributed by atoms with Crippen LogP contribution in [0.3, 0.4) is 0 Å². The minimum atomic E-state index is -0.720. The Morgan fingerprint density at radius 2 is 2.12 bits per heavy atom. The average Bonchev–Trinajstić information content (AvgIpc) is 2.54. The summed E-state index contributed by atoms with van der Waals surface area (Å²) in [7, 11) is 0. The first kappa shape index (κ1) is 14.9. The minimum absolute atomic E-state index is 0.229. The van der Waals surface area contributed by atoms with Gasteiger partial charge in [0.2, 0.25) is 5.91 Å². The van der Waals surface area contributed by atoms with E-state index in [1.165, 1.54) is 12.7 Å². The molecule has 0 aliphatic carbocycles. The largest absolute Gasteiger partial charge is 0.347 e. The van der Waals surface area contributed by atoms with Gasteiger partial charge in [-0.25, -0.2) is 4.79 Å². The van der Waals surface area contributed by atoms with Crippen molar-refractivity contribution < 1.29 is 14.3 Å². The molecule has 0 unspecified atom stereocenters. The Balaban J connectivity index is 0.000000325. The maximum absolute atomic E-state index is 11.1. The van der Waals surface area contributed by atoms with Gasteiger partial charge in [0.25, 0.3) is 6.26 Å². The molecule has 0 N–H and O–H groups in total. The summed E-state index contributed by atoms with van der Waals surface area (Å²) in [6.45, 7) is 7.50. The van der Waals surface area contributed by atoms with Gasteiger partial charge in [-0.2, -0.15) is 0 Å². The van der Waals surface area contributed by atoms with Gasteiger partial charge >= 0.3 is 5.97 Å². The average molecular weight is 236 g/mol. The molecular weight excluding hydrogens is 220 g/mol. The van der Waals surface area contributed by atoms with Crippen LogP contribution in [0.25, 0.3) is 0 Å². The van der Waals surface area contributed by atoms with Gasteiger partial charge in [0.15, 0.2) is 0 Å². The molecular formula is C12H16N2O3. The highest BCUT2D eigenvalue weighted by Gasteiger charge is 2.12. The zero-order valence-electron chi connectivity index (χ0n) is 9.72. The standard InChI is InChI=1S/C8H13NO.C4H3NO2/c1-2-9-7-5-3-4-6-8(9)10;1-2-4(6)7-3-5/h2H,1,3-7H2;2H,1H2. The van der Waals surface area contributed by atoms with Crippen molar-refractivity contribution >= 4 is 11.9 Å². The first-order valence-corrected chi connectivity index (χ1v) is 5.30. The number of amides is 1. The Morgan fingerprint density at radius 1 is 1.41 bits per heavy atom. The normalized spacial score (nSPS) is 14.5. The van der Waals surface area contributed by atoms with E-state index in [4.69, 9.17) is 5.26 Å². The number of nitrogens with zero attached hydrogens (tertiary/aromatic N) is 2. The number of hydrogen-bond acceptors (Lipinski definition) is 4. The summed E-state index contributed by atoms with van der Waals surface area (Å²) >= 11 is 0. The predicted octanol–water partition coefficient (Wildman–Crippen LogP) is 1.73. The van der Waals surface area contributed by atoms with Crippen molar-refractivity contribution in [1.82, 2.24) is 4.90 Å². The fourth-order valence-corrected chi connectivity index (χ4v) is 1.28. The molecule has 0 atom stereocenters. The van der Waals surface area contributed by atoms with Crippen molar-refractivity contribution in [2.45, 2.75) is 25.7 Å². The lowest BCUT2D eigenvalue weighted by atomic mass is 10.2. The molecule has 1 amide bonds. The molecule has 1 heterocycles. The van der Waals surface area contributed by atoms with Gasteiger partial charge in [-0.15, -0.1) is 5.26 Å². The second-order valence-electron chi connectivity index (χ2n) is 3.30. The SMILES string of the molecule is C=CC(=O)OC#N.C=CN1CCCCCC1=O. The molecule has 1 fully saturated rings. The Morgan fingerprint density at radius 3 is 2.59 bits per heavy atom. The maximum atomic E-state index is 11.1. The van der Waals surface area contributed by atoms with Crippen LogP contribution in [0.5, 0.6) is 0 Å². The Hall–Kier alpha value is -2.09. The summed E-state index contributed by atoms with van der Waals surface area (Å²) in [4.78, 5) is 22.7. The molecule has 0 spiro atoms. The van der Waals surface area contributed by atoms with Gasteiger partial charge in [-0.1, -0.05) is 19.6 Å². The van der Waals surface area contributed by atoms with E-state index in [-0.39, 0.29) is 5.91 Å². The molecule has 0 aromatic carbocycles. The third-order valence-corrected chi connectivity index (χ3v) is 2.14. The van der Waals surface area contributed by atoms with Crippen molar-refractivity contribution in [3.05, 3.63) is 25.4 Å². The van der Waals surface area contributed by atoms with Crippen LogP contribution in [0.1, 0.15) is 25.7 Å². The highest BCUT2D eigenvalue weighted by atomic mass is 16.5. The van der Waals surface area contributed by atoms with Gasteiger partial charge in [-0.05, 0) is 19.0 Å². The summed E-state index contributed by atoms with van der Waals surface area (Å²) in [6.07, 6.45) is 7.79. The molecule has 0 aromatic heterocycles. The molecule has 5 heteroatoms. The monoisotopic (exact) mass is 236 g/mol. The molecule has 1 rings (SSSR count). The third-order valence-electron chi connectivity index (χ3n) is 2.14. The van der Waals surface area contributed by atoms with E-state index in [0.717, 1.165) is 25.5 Å². The van der Waals surface area contributed by atoms with Crippen LogP contribution in [-0.4, -0.2) is 23.3 Å². The highest BCUT2D eigenvalue weighted by molar-refractivity contribution is 5.81. The molecule has 0 radical (unpaired) electrons. The molecule has 17 heavy (non-hydrogen) atoms. The molecule has 5 nitrogen and oxygen atoms in total. The summed E-state index contributed by atoms with van der Waals surface area (Å²) in [5, 5.41) is 7.63. The maximum Gasteiger partial charge on any atom is 0.345 e. The van der Waals surface area contributed by atoms with Gasteiger partial charge in [0.1, 0.15) is 0 Å². The summed E-state index contributed by atoms with van der Waals surface area (Å²) < 4.78 is 3.74. The Kier molecular flexibility index (Phi) is 8.03.